The molecular formula is C14H21NO4. The summed E-state index contributed by atoms with van der Waals surface area (Å²) >= 11 is 0. The minimum absolute atomic E-state index is 0.114. The number of hydrogen-bond acceptors (Lipinski definition) is 5. The molecule has 19 heavy (non-hydrogen) atoms. The zero-order valence-corrected chi connectivity index (χ0v) is 11.4. The third-order valence-electron chi connectivity index (χ3n) is 3.13. The number of ketones is 1. The van der Waals surface area contributed by atoms with Crippen molar-refractivity contribution >= 4 is 5.78 Å². The Morgan fingerprint density at radius 1 is 1.11 bits per heavy atom. The molecule has 0 aliphatic heterocycles. The normalized spacial score (nSPS) is 10.9. The van der Waals surface area contributed by atoms with Gasteiger partial charge in [0.2, 0.25) is 0 Å². The van der Waals surface area contributed by atoms with Gasteiger partial charge in [-0.25, -0.2) is 0 Å². The Hall–Kier alpha value is -1.75. The van der Waals surface area contributed by atoms with Crippen LogP contribution < -0.4 is 0 Å². The summed E-state index contributed by atoms with van der Waals surface area (Å²) in [5.41, 5.74) is -0.114. The fourth-order valence-electron chi connectivity index (χ4n) is 2.01. The van der Waals surface area contributed by atoms with Gasteiger partial charge in [-0.3, -0.25) is 4.79 Å². The van der Waals surface area contributed by atoms with E-state index in [1.807, 2.05) is 0 Å². The largest absolute Gasteiger partial charge is 0.508 e. The van der Waals surface area contributed by atoms with Crippen LogP contribution in [0.25, 0.3) is 0 Å². The zero-order valence-electron chi connectivity index (χ0n) is 11.4. The first-order valence-corrected chi connectivity index (χ1v) is 6.50. The topological polar surface area (TPSA) is 81.0 Å². The molecule has 1 aromatic carbocycles. The van der Waals surface area contributed by atoms with Crippen molar-refractivity contribution in [3.63, 3.8) is 0 Å². The van der Waals surface area contributed by atoms with E-state index in [0.717, 1.165) is 31.8 Å². The van der Waals surface area contributed by atoms with E-state index in [2.05, 4.69) is 18.7 Å². The molecule has 0 spiro atoms. The molecule has 0 aliphatic rings. The Bertz CT molecular complexity index is 418. The molecule has 0 radical (unpaired) electrons. The predicted molar refractivity (Wildman–Crippen MR) is 72.8 cm³/mol. The van der Waals surface area contributed by atoms with Gasteiger partial charge in [0.25, 0.3) is 0 Å². The molecule has 0 unspecified atom stereocenters. The maximum Gasteiger partial charge on any atom is 0.170 e. The molecule has 0 amide bonds. The van der Waals surface area contributed by atoms with Gasteiger partial charge in [0.15, 0.2) is 5.78 Å². The second-order valence-corrected chi connectivity index (χ2v) is 4.41. The predicted octanol–water partition coefficient (Wildman–Crippen LogP) is 2.11. The van der Waals surface area contributed by atoms with E-state index in [1.165, 1.54) is 0 Å². The second-order valence-electron chi connectivity index (χ2n) is 4.41. The molecule has 0 atom stereocenters. The van der Waals surface area contributed by atoms with Crippen LogP contribution in [0.1, 0.15) is 37.0 Å². The summed E-state index contributed by atoms with van der Waals surface area (Å²) in [5.74, 6) is -1.35. The number of carbonyl (C=O) groups excluding carboxylic acids is 1. The van der Waals surface area contributed by atoms with Gasteiger partial charge in [-0.2, -0.15) is 0 Å². The quantitative estimate of drug-likeness (QED) is 0.659. The number of aromatic hydroxyl groups is 3. The molecular weight excluding hydrogens is 246 g/mol. The highest BCUT2D eigenvalue weighted by molar-refractivity contribution is 6.01. The Balaban J connectivity index is 2.64. The van der Waals surface area contributed by atoms with Crippen LogP contribution >= 0.6 is 0 Å². The number of nitrogens with zero attached hydrogens (tertiary/aromatic N) is 1. The highest BCUT2D eigenvalue weighted by Gasteiger charge is 2.17. The van der Waals surface area contributed by atoms with Crippen LogP contribution in [0.4, 0.5) is 0 Å². The first-order valence-electron chi connectivity index (χ1n) is 6.50. The van der Waals surface area contributed by atoms with Crippen LogP contribution in [0.2, 0.25) is 0 Å². The van der Waals surface area contributed by atoms with Crippen molar-refractivity contribution < 1.29 is 20.1 Å². The van der Waals surface area contributed by atoms with Crippen molar-refractivity contribution in [1.29, 1.82) is 0 Å². The van der Waals surface area contributed by atoms with Crippen molar-refractivity contribution in [2.75, 3.05) is 19.6 Å². The van der Waals surface area contributed by atoms with Gasteiger partial charge in [0, 0.05) is 18.6 Å². The van der Waals surface area contributed by atoms with Crippen LogP contribution in [-0.4, -0.2) is 45.6 Å². The van der Waals surface area contributed by atoms with Crippen LogP contribution in [0.5, 0.6) is 17.2 Å². The molecule has 0 bridgehead atoms. The summed E-state index contributed by atoms with van der Waals surface area (Å²) < 4.78 is 0. The molecule has 5 nitrogen and oxygen atoms in total. The Kier molecular flexibility index (Phi) is 5.63. The lowest BCUT2D eigenvalue weighted by atomic mass is 10.0. The third-order valence-corrected chi connectivity index (χ3v) is 3.13. The lowest BCUT2D eigenvalue weighted by Crippen LogP contribution is -2.24. The van der Waals surface area contributed by atoms with Crippen LogP contribution in [0.15, 0.2) is 12.1 Å². The second kappa shape index (κ2) is 6.99. The van der Waals surface area contributed by atoms with E-state index < -0.39 is 0 Å². The lowest BCUT2D eigenvalue weighted by Gasteiger charge is -2.17. The number of benzene rings is 1. The molecule has 0 fully saturated rings. The zero-order chi connectivity index (χ0) is 14.4. The first-order chi connectivity index (χ1) is 8.99. The highest BCUT2D eigenvalue weighted by Crippen LogP contribution is 2.32. The van der Waals surface area contributed by atoms with Crippen LogP contribution in [-0.2, 0) is 0 Å². The van der Waals surface area contributed by atoms with Gasteiger partial charge >= 0.3 is 0 Å². The van der Waals surface area contributed by atoms with Gasteiger partial charge in [-0.15, -0.1) is 0 Å². The maximum atomic E-state index is 11.9. The van der Waals surface area contributed by atoms with Crippen molar-refractivity contribution in [3.8, 4) is 17.2 Å². The summed E-state index contributed by atoms with van der Waals surface area (Å²) in [6, 6.07) is 2.11. The number of rotatable bonds is 7. The van der Waals surface area contributed by atoms with Crippen molar-refractivity contribution in [1.82, 2.24) is 4.90 Å². The lowest BCUT2D eigenvalue weighted by molar-refractivity contribution is 0.0970. The highest BCUT2D eigenvalue weighted by atomic mass is 16.3. The molecule has 0 saturated carbocycles. The Morgan fingerprint density at radius 2 is 1.63 bits per heavy atom. The molecule has 0 heterocycles. The van der Waals surface area contributed by atoms with E-state index >= 15 is 0 Å². The van der Waals surface area contributed by atoms with Gasteiger partial charge in [-0.1, -0.05) is 13.8 Å². The number of Topliss-reactive ketones (excluding diaryl/α,β-unsaturated/α-hetero) is 1. The average molecular weight is 267 g/mol. The SMILES string of the molecule is CCN(CC)CCCC(=O)c1c(O)cc(O)cc1O. The van der Waals surface area contributed by atoms with Gasteiger partial charge in [0.1, 0.15) is 22.8 Å². The number of phenolic OH excluding ortho intramolecular Hbond substituents is 3. The van der Waals surface area contributed by atoms with Gasteiger partial charge in [0.05, 0.1) is 0 Å². The monoisotopic (exact) mass is 267 g/mol. The number of phenols is 3. The molecule has 3 N–H and O–H groups in total. The fourth-order valence-corrected chi connectivity index (χ4v) is 2.01. The summed E-state index contributed by atoms with van der Waals surface area (Å²) in [7, 11) is 0. The molecule has 5 heteroatoms. The molecule has 1 aromatic rings. The maximum absolute atomic E-state index is 11.9. The van der Waals surface area contributed by atoms with E-state index in [1.54, 1.807) is 0 Å². The molecule has 0 aliphatic carbocycles. The Labute approximate surface area is 113 Å². The smallest absolute Gasteiger partial charge is 0.170 e. The summed E-state index contributed by atoms with van der Waals surface area (Å²) in [6.45, 7) is 6.78. The summed E-state index contributed by atoms with van der Waals surface area (Å²) in [6.07, 6.45) is 0.919. The van der Waals surface area contributed by atoms with E-state index in [9.17, 15) is 20.1 Å². The third kappa shape index (κ3) is 4.13. The minimum Gasteiger partial charge on any atom is -0.508 e. The molecule has 1 rings (SSSR count). The number of carbonyl (C=O) groups is 1. The molecule has 0 saturated heterocycles. The van der Waals surface area contributed by atoms with E-state index in [-0.39, 0.29) is 35.0 Å². The van der Waals surface area contributed by atoms with Gasteiger partial charge in [-0.05, 0) is 26.1 Å². The average Bonchev–Trinajstić information content (AvgIpc) is 2.33. The first kappa shape index (κ1) is 15.3. The van der Waals surface area contributed by atoms with Crippen LogP contribution in [0, 0.1) is 0 Å². The van der Waals surface area contributed by atoms with Crippen LogP contribution in [0.3, 0.4) is 0 Å². The van der Waals surface area contributed by atoms with E-state index in [0.29, 0.717) is 6.42 Å². The Morgan fingerprint density at radius 3 is 2.11 bits per heavy atom. The van der Waals surface area contributed by atoms with Crippen molar-refractivity contribution in [2.45, 2.75) is 26.7 Å². The molecule has 0 aromatic heterocycles. The summed E-state index contributed by atoms with van der Waals surface area (Å²) in [5, 5.41) is 28.4. The number of hydrogen-bond donors (Lipinski definition) is 3. The minimum atomic E-state index is -0.384. The van der Waals surface area contributed by atoms with Crippen molar-refractivity contribution in [3.05, 3.63) is 17.7 Å². The van der Waals surface area contributed by atoms with Crippen molar-refractivity contribution in [2.24, 2.45) is 0 Å². The standard InChI is InChI=1S/C14H21NO4/c1-3-15(4-2)7-5-6-11(17)14-12(18)8-10(16)9-13(14)19/h8-9,16,18-19H,3-7H2,1-2H3. The van der Waals surface area contributed by atoms with Gasteiger partial charge < -0.3 is 20.2 Å². The fraction of sp³-hybridized carbons (Fsp3) is 0.500. The van der Waals surface area contributed by atoms with E-state index in [4.69, 9.17) is 0 Å². The summed E-state index contributed by atoms with van der Waals surface area (Å²) in [4.78, 5) is 14.1. The molecule has 106 valence electrons.